The quantitative estimate of drug-likeness (QED) is 0.807. The molecule has 0 unspecified atom stereocenters. The Balaban J connectivity index is 1.61. The molecule has 5 rings (SSSR count). The van der Waals surface area contributed by atoms with E-state index < -0.39 is 0 Å². The number of carbonyl (C=O) groups is 2. The Hall–Kier alpha value is -2.40. The molecule has 0 spiro atoms. The molecule has 2 atom stereocenters. The molecule has 1 aromatic heterocycles. The van der Waals surface area contributed by atoms with Crippen LogP contribution in [0.1, 0.15) is 42.1 Å². The lowest BCUT2D eigenvalue weighted by molar-refractivity contribution is -0.133. The molecular weight excluding hydrogens is 350 g/mol. The Kier molecular flexibility index (Phi) is 4.16. The van der Waals surface area contributed by atoms with Crippen LogP contribution in [0.15, 0.2) is 30.5 Å². The maximum atomic E-state index is 13.0. The van der Waals surface area contributed by atoms with E-state index in [4.69, 9.17) is 0 Å². The molecule has 0 bridgehead atoms. The van der Waals surface area contributed by atoms with E-state index in [2.05, 4.69) is 24.1 Å². The van der Waals surface area contributed by atoms with Gasteiger partial charge < -0.3 is 4.90 Å². The zero-order valence-electron chi connectivity index (χ0n) is 16.6. The van der Waals surface area contributed by atoms with E-state index in [1.807, 2.05) is 34.7 Å². The summed E-state index contributed by atoms with van der Waals surface area (Å²) in [5, 5.41) is 1.19. The summed E-state index contributed by atoms with van der Waals surface area (Å²) in [5.74, 6) is 0.320. The molecule has 0 N–H and O–H groups in total. The monoisotopic (exact) mass is 377 g/mol. The number of hydrogen-bond acceptors (Lipinski definition) is 3. The van der Waals surface area contributed by atoms with E-state index in [-0.39, 0.29) is 23.8 Å². The fraction of sp³-hybridized carbons (Fsp3) is 0.478. The van der Waals surface area contributed by atoms with Crippen LogP contribution in [0.4, 0.5) is 0 Å². The summed E-state index contributed by atoms with van der Waals surface area (Å²) in [6.07, 6.45) is 7.88. The lowest BCUT2D eigenvalue weighted by Crippen LogP contribution is -2.47. The number of fused-ring (bicyclic) bond motifs is 2. The average Bonchev–Trinajstić information content (AvgIpc) is 3.37. The van der Waals surface area contributed by atoms with Gasteiger partial charge in [0, 0.05) is 43.7 Å². The lowest BCUT2D eigenvalue weighted by Gasteiger charge is -2.40. The molecule has 3 aliphatic rings. The Morgan fingerprint density at radius 2 is 1.96 bits per heavy atom. The second kappa shape index (κ2) is 6.59. The van der Waals surface area contributed by atoms with Gasteiger partial charge in [0.05, 0.1) is 11.4 Å². The van der Waals surface area contributed by atoms with Gasteiger partial charge >= 0.3 is 0 Å². The molecule has 2 aromatic rings. The van der Waals surface area contributed by atoms with E-state index in [9.17, 15) is 9.59 Å². The third kappa shape index (κ3) is 2.56. The summed E-state index contributed by atoms with van der Waals surface area (Å²) in [5.41, 5.74) is 4.68. The minimum absolute atomic E-state index is 0.0782. The summed E-state index contributed by atoms with van der Waals surface area (Å²) in [6.45, 7) is 4.46. The van der Waals surface area contributed by atoms with Crippen molar-refractivity contribution in [2.75, 3.05) is 26.7 Å². The first-order valence-corrected chi connectivity index (χ1v) is 10.5. The Morgan fingerprint density at radius 1 is 1.18 bits per heavy atom. The molecular formula is C23H27N3O2. The predicted molar refractivity (Wildman–Crippen MR) is 110 cm³/mol. The number of aromatic nitrogens is 1. The smallest absolute Gasteiger partial charge is 0.230 e. The van der Waals surface area contributed by atoms with Gasteiger partial charge in [-0.3, -0.25) is 19.1 Å². The number of benzene rings is 1. The molecule has 0 saturated carbocycles. The molecule has 1 aliphatic carbocycles. The third-order valence-electron chi connectivity index (χ3n) is 6.69. The van der Waals surface area contributed by atoms with Crippen molar-refractivity contribution in [2.45, 2.75) is 38.6 Å². The minimum atomic E-state index is -0.0782. The number of likely N-dealkylation sites (N-methyl/N-ethyl adjacent to an activating group) is 1. The Bertz CT molecular complexity index is 997. The van der Waals surface area contributed by atoms with Gasteiger partial charge in [-0.1, -0.05) is 25.1 Å². The van der Waals surface area contributed by atoms with Crippen molar-refractivity contribution in [1.82, 2.24) is 14.4 Å². The molecule has 1 fully saturated rings. The number of carbonyl (C=O) groups excluding carboxylic acids is 2. The van der Waals surface area contributed by atoms with Gasteiger partial charge in [-0.05, 0) is 49.1 Å². The largest absolute Gasteiger partial charge is 0.342 e. The highest BCUT2D eigenvalue weighted by Gasteiger charge is 2.37. The first-order valence-electron chi connectivity index (χ1n) is 10.5. The molecule has 1 amide bonds. The number of amides is 1. The van der Waals surface area contributed by atoms with Crippen molar-refractivity contribution in [1.29, 1.82) is 0 Å². The van der Waals surface area contributed by atoms with Gasteiger partial charge in [-0.25, -0.2) is 0 Å². The zero-order chi connectivity index (χ0) is 19.4. The summed E-state index contributed by atoms with van der Waals surface area (Å²) in [6, 6.07) is 6.50. The van der Waals surface area contributed by atoms with Crippen LogP contribution in [0.25, 0.3) is 16.5 Å². The summed E-state index contributed by atoms with van der Waals surface area (Å²) in [4.78, 5) is 29.8. The second-order valence-electron chi connectivity index (χ2n) is 8.39. The SMILES string of the molecule is CCC(=O)n1cc2c3c(cccc31)C1=C[C@@H](C(=O)N3CCCC3)CN(C)[C@@H]1C2. The highest BCUT2D eigenvalue weighted by atomic mass is 16.2. The Labute approximate surface area is 165 Å². The number of hydrogen-bond donors (Lipinski definition) is 0. The number of likely N-dealkylation sites (tertiary alicyclic amines) is 1. The van der Waals surface area contributed by atoms with Crippen molar-refractivity contribution in [3.05, 3.63) is 41.6 Å². The van der Waals surface area contributed by atoms with Crippen LogP contribution < -0.4 is 0 Å². The van der Waals surface area contributed by atoms with Crippen molar-refractivity contribution in [3.8, 4) is 0 Å². The van der Waals surface area contributed by atoms with Gasteiger partial charge in [0.2, 0.25) is 11.8 Å². The summed E-state index contributed by atoms with van der Waals surface area (Å²) < 4.78 is 1.82. The molecule has 5 nitrogen and oxygen atoms in total. The third-order valence-corrected chi connectivity index (χ3v) is 6.69. The average molecular weight is 377 g/mol. The van der Waals surface area contributed by atoms with E-state index in [0.29, 0.717) is 6.42 Å². The van der Waals surface area contributed by atoms with Gasteiger partial charge in [0.1, 0.15) is 0 Å². The maximum absolute atomic E-state index is 13.0. The van der Waals surface area contributed by atoms with Gasteiger partial charge in [0.25, 0.3) is 0 Å². The van der Waals surface area contributed by atoms with E-state index >= 15 is 0 Å². The topological polar surface area (TPSA) is 45.6 Å². The van der Waals surface area contributed by atoms with Gasteiger partial charge in [-0.15, -0.1) is 0 Å². The normalized spacial score (nSPS) is 24.4. The van der Waals surface area contributed by atoms with Crippen LogP contribution in [0.3, 0.4) is 0 Å². The molecule has 146 valence electrons. The van der Waals surface area contributed by atoms with Crippen LogP contribution in [-0.4, -0.2) is 58.9 Å². The Morgan fingerprint density at radius 3 is 2.71 bits per heavy atom. The molecule has 0 radical (unpaired) electrons. The highest BCUT2D eigenvalue weighted by Crippen LogP contribution is 2.42. The van der Waals surface area contributed by atoms with Crippen LogP contribution in [0, 0.1) is 5.92 Å². The second-order valence-corrected chi connectivity index (χ2v) is 8.39. The van der Waals surface area contributed by atoms with E-state index in [1.165, 1.54) is 22.1 Å². The van der Waals surface area contributed by atoms with E-state index in [0.717, 1.165) is 44.4 Å². The molecule has 1 aromatic carbocycles. The standard InChI is InChI=1S/C23H27N3O2/c1-3-21(27)26-14-15-12-20-18(17-7-6-8-19(26)22(15)17)11-16(13-24(20)2)23(28)25-9-4-5-10-25/h6-8,11,14,16,20H,3-5,9-10,12-13H2,1-2H3/t16-,20-/m1/s1. The van der Waals surface area contributed by atoms with Gasteiger partial charge in [0.15, 0.2) is 0 Å². The molecule has 2 aliphatic heterocycles. The summed E-state index contributed by atoms with van der Waals surface area (Å²) >= 11 is 0. The van der Waals surface area contributed by atoms with Gasteiger partial charge in [-0.2, -0.15) is 0 Å². The predicted octanol–water partition coefficient (Wildman–Crippen LogP) is 3.18. The molecule has 5 heteroatoms. The van der Waals surface area contributed by atoms with E-state index in [1.54, 1.807) is 0 Å². The van der Waals surface area contributed by atoms with Crippen molar-refractivity contribution >= 4 is 28.3 Å². The zero-order valence-corrected chi connectivity index (χ0v) is 16.6. The highest BCUT2D eigenvalue weighted by molar-refractivity contribution is 6.03. The minimum Gasteiger partial charge on any atom is -0.342 e. The first-order chi connectivity index (χ1) is 13.6. The van der Waals surface area contributed by atoms with Crippen LogP contribution in [0.5, 0.6) is 0 Å². The van der Waals surface area contributed by atoms with Crippen molar-refractivity contribution < 1.29 is 9.59 Å². The van der Waals surface area contributed by atoms with Crippen molar-refractivity contribution in [3.63, 3.8) is 0 Å². The first kappa shape index (κ1) is 17.7. The fourth-order valence-electron chi connectivity index (χ4n) is 5.26. The number of nitrogens with zero attached hydrogens (tertiary/aromatic N) is 3. The molecule has 28 heavy (non-hydrogen) atoms. The lowest BCUT2D eigenvalue weighted by atomic mass is 9.79. The van der Waals surface area contributed by atoms with Crippen LogP contribution in [-0.2, 0) is 11.2 Å². The van der Waals surface area contributed by atoms with Crippen LogP contribution in [0.2, 0.25) is 0 Å². The fourth-order valence-corrected chi connectivity index (χ4v) is 5.26. The van der Waals surface area contributed by atoms with Crippen molar-refractivity contribution in [2.24, 2.45) is 5.92 Å². The molecule has 3 heterocycles. The summed E-state index contributed by atoms with van der Waals surface area (Å²) in [7, 11) is 2.13. The maximum Gasteiger partial charge on any atom is 0.230 e. The number of rotatable bonds is 2. The van der Waals surface area contributed by atoms with Crippen LogP contribution >= 0.6 is 0 Å². The molecule has 1 saturated heterocycles.